The smallest absolute Gasteiger partial charge is 0.243 e. The van der Waals surface area contributed by atoms with Crippen LogP contribution in [0.3, 0.4) is 0 Å². The number of benzene rings is 2. The van der Waals surface area contributed by atoms with Gasteiger partial charge in [-0.15, -0.1) is 0 Å². The van der Waals surface area contributed by atoms with Crippen molar-refractivity contribution in [3.63, 3.8) is 0 Å². The molecule has 0 aliphatic carbocycles. The van der Waals surface area contributed by atoms with Gasteiger partial charge in [-0.3, -0.25) is 4.57 Å². The zero-order valence-corrected chi connectivity index (χ0v) is 19.5. The Bertz CT molecular complexity index is 1180. The molecule has 0 saturated heterocycles. The molecule has 2 aromatic carbocycles. The summed E-state index contributed by atoms with van der Waals surface area (Å²) in [5, 5.41) is 9.56. The number of hydrogen-bond acceptors (Lipinski definition) is 6. The van der Waals surface area contributed by atoms with Gasteiger partial charge in [-0.2, -0.15) is 9.57 Å². The highest BCUT2D eigenvalue weighted by Crippen LogP contribution is 2.31. The number of hydrogen-bond donors (Lipinski definition) is 0. The van der Waals surface area contributed by atoms with Crippen LogP contribution in [0.4, 0.5) is 0 Å². The molecule has 3 aromatic rings. The second-order valence-corrected chi connectivity index (χ2v) is 9.78. The lowest BCUT2D eigenvalue weighted by Gasteiger charge is -2.18. The zero-order valence-electron chi connectivity index (χ0n) is 17.9. The first-order chi connectivity index (χ1) is 15.0. The van der Waals surface area contributed by atoms with Crippen molar-refractivity contribution in [2.75, 3.05) is 26.0 Å². The number of nitrogens with zero attached hydrogens (tertiary/aromatic N) is 4. The van der Waals surface area contributed by atoms with E-state index in [0.717, 1.165) is 34.3 Å². The summed E-state index contributed by atoms with van der Waals surface area (Å²) in [5.41, 5.74) is 2.35. The third kappa shape index (κ3) is 4.87. The van der Waals surface area contributed by atoms with Crippen LogP contribution in [0, 0.1) is 11.3 Å². The molecule has 3 rings (SSSR count). The topological polar surface area (TPSA) is 88.2 Å². The standard InChI is InChI=1S/C22H26N4O3S2/c1-4-25(5-2)31(27,28)19-12-13-21-20(16-19)24-22(30-15-7-6-14-23)26(21)17-8-10-18(29-3)11-9-17/h8-13,16H,4-7,15H2,1-3H3. The number of imidazole rings is 1. The Balaban J connectivity index is 2.09. The quantitative estimate of drug-likeness (QED) is 0.329. The van der Waals surface area contributed by atoms with Gasteiger partial charge in [-0.1, -0.05) is 25.6 Å². The van der Waals surface area contributed by atoms with E-state index in [-0.39, 0.29) is 4.90 Å². The van der Waals surface area contributed by atoms with Crippen LogP contribution < -0.4 is 4.74 Å². The van der Waals surface area contributed by atoms with E-state index in [1.165, 1.54) is 4.31 Å². The summed E-state index contributed by atoms with van der Waals surface area (Å²) in [4.78, 5) is 4.98. The molecule has 31 heavy (non-hydrogen) atoms. The van der Waals surface area contributed by atoms with Crippen molar-refractivity contribution >= 4 is 32.8 Å². The number of aromatic nitrogens is 2. The van der Waals surface area contributed by atoms with Gasteiger partial charge in [-0.05, 0) is 48.9 Å². The van der Waals surface area contributed by atoms with Crippen molar-refractivity contribution in [1.29, 1.82) is 5.26 Å². The Kier molecular flexibility index (Phi) is 7.59. The van der Waals surface area contributed by atoms with E-state index in [2.05, 4.69) is 6.07 Å². The summed E-state index contributed by atoms with van der Waals surface area (Å²) in [7, 11) is -1.95. The molecular formula is C22H26N4O3S2. The minimum atomic E-state index is -3.57. The third-order valence-corrected chi connectivity index (χ3v) is 8.00. The number of fused-ring (bicyclic) bond motifs is 1. The van der Waals surface area contributed by atoms with E-state index in [0.29, 0.717) is 25.0 Å². The van der Waals surface area contributed by atoms with Gasteiger partial charge < -0.3 is 4.74 Å². The first kappa shape index (κ1) is 23.1. The first-order valence-electron chi connectivity index (χ1n) is 10.1. The molecule has 0 fully saturated rings. The molecule has 0 radical (unpaired) electrons. The van der Waals surface area contributed by atoms with Gasteiger partial charge in [-0.25, -0.2) is 13.4 Å². The Labute approximate surface area is 187 Å². The van der Waals surface area contributed by atoms with E-state index in [9.17, 15) is 8.42 Å². The second-order valence-electron chi connectivity index (χ2n) is 6.78. The fourth-order valence-electron chi connectivity index (χ4n) is 3.30. The number of ether oxygens (including phenoxy) is 1. The molecule has 7 nitrogen and oxygen atoms in total. The largest absolute Gasteiger partial charge is 0.497 e. The van der Waals surface area contributed by atoms with Gasteiger partial charge in [0.2, 0.25) is 10.0 Å². The molecule has 0 spiro atoms. The summed E-state index contributed by atoms with van der Waals surface area (Å²) >= 11 is 1.56. The molecule has 0 atom stereocenters. The molecule has 0 amide bonds. The minimum Gasteiger partial charge on any atom is -0.497 e. The SMILES string of the molecule is CCN(CC)S(=O)(=O)c1ccc2c(c1)nc(SCCCC#N)n2-c1ccc(OC)cc1. The average Bonchev–Trinajstić information content (AvgIpc) is 3.15. The van der Waals surface area contributed by atoms with E-state index in [4.69, 9.17) is 15.0 Å². The van der Waals surface area contributed by atoms with Gasteiger partial charge in [0, 0.05) is 31.0 Å². The lowest BCUT2D eigenvalue weighted by Crippen LogP contribution is -2.30. The number of nitriles is 1. The monoisotopic (exact) mass is 458 g/mol. The number of rotatable bonds is 10. The van der Waals surface area contributed by atoms with Crippen LogP contribution in [0.15, 0.2) is 52.5 Å². The summed E-state index contributed by atoms with van der Waals surface area (Å²) in [5.74, 6) is 1.50. The maximum Gasteiger partial charge on any atom is 0.243 e. The van der Waals surface area contributed by atoms with Gasteiger partial charge in [0.15, 0.2) is 5.16 Å². The molecule has 9 heteroatoms. The number of thioether (sulfide) groups is 1. The summed E-state index contributed by atoms with van der Waals surface area (Å²) in [6.45, 7) is 4.48. The molecule has 0 unspecified atom stereocenters. The normalized spacial score (nSPS) is 11.7. The molecular weight excluding hydrogens is 432 g/mol. The third-order valence-electron chi connectivity index (χ3n) is 4.93. The van der Waals surface area contributed by atoms with E-state index >= 15 is 0 Å². The van der Waals surface area contributed by atoms with Gasteiger partial charge in [0.25, 0.3) is 0 Å². The number of methoxy groups -OCH3 is 1. The summed E-state index contributed by atoms with van der Waals surface area (Å²) in [6.07, 6.45) is 1.25. The predicted molar refractivity (Wildman–Crippen MR) is 123 cm³/mol. The van der Waals surface area contributed by atoms with Crippen LogP contribution in [0.2, 0.25) is 0 Å². The predicted octanol–water partition coefficient (Wildman–Crippen LogP) is 4.46. The highest BCUT2D eigenvalue weighted by atomic mass is 32.2. The van der Waals surface area contributed by atoms with Crippen LogP contribution in [0.5, 0.6) is 5.75 Å². The van der Waals surface area contributed by atoms with Crippen molar-refractivity contribution in [3.05, 3.63) is 42.5 Å². The molecule has 0 aliphatic rings. The highest BCUT2D eigenvalue weighted by Gasteiger charge is 2.23. The zero-order chi connectivity index (χ0) is 22.4. The number of unbranched alkanes of at least 4 members (excludes halogenated alkanes) is 1. The maximum absolute atomic E-state index is 13.0. The van der Waals surface area contributed by atoms with Crippen LogP contribution in [-0.2, 0) is 10.0 Å². The summed E-state index contributed by atoms with van der Waals surface area (Å²) in [6, 6.07) is 14.9. The molecule has 0 bridgehead atoms. The lowest BCUT2D eigenvalue weighted by molar-refractivity contribution is 0.414. The Morgan fingerprint density at radius 3 is 2.48 bits per heavy atom. The molecule has 164 valence electrons. The van der Waals surface area contributed by atoms with Crippen molar-refractivity contribution in [2.24, 2.45) is 0 Å². The van der Waals surface area contributed by atoms with E-state index < -0.39 is 10.0 Å². The van der Waals surface area contributed by atoms with Gasteiger partial charge >= 0.3 is 0 Å². The Morgan fingerprint density at radius 1 is 1.16 bits per heavy atom. The highest BCUT2D eigenvalue weighted by molar-refractivity contribution is 7.99. The Morgan fingerprint density at radius 2 is 1.87 bits per heavy atom. The average molecular weight is 459 g/mol. The molecule has 1 heterocycles. The van der Waals surface area contributed by atoms with Crippen molar-refractivity contribution in [2.45, 2.75) is 36.7 Å². The molecule has 1 aromatic heterocycles. The maximum atomic E-state index is 13.0. The van der Waals surface area contributed by atoms with Crippen LogP contribution in [0.1, 0.15) is 26.7 Å². The van der Waals surface area contributed by atoms with Crippen LogP contribution in [0.25, 0.3) is 16.7 Å². The van der Waals surface area contributed by atoms with E-state index in [1.54, 1.807) is 31.0 Å². The van der Waals surface area contributed by atoms with Gasteiger partial charge in [0.05, 0.1) is 29.1 Å². The molecule has 0 saturated carbocycles. The molecule has 0 aliphatic heterocycles. The fraction of sp³-hybridized carbons (Fsp3) is 0.364. The Hall–Kier alpha value is -2.54. The fourth-order valence-corrected chi connectivity index (χ4v) is 5.75. The lowest BCUT2D eigenvalue weighted by atomic mass is 10.2. The van der Waals surface area contributed by atoms with Crippen LogP contribution in [-0.4, -0.2) is 48.2 Å². The van der Waals surface area contributed by atoms with Crippen molar-refractivity contribution in [1.82, 2.24) is 13.9 Å². The second kappa shape index (κ2) is 10.2. The summed E-state index contributed by atoms with van der Waals surface area (Å²) < 4.78 is 34.6. The minimum absolute atomic E-state index is 0.240. The number of sulfonamides is 1. The van der Waals surface area contributed by atoms with Crippen molar-refractivity contribution in [3.8, 4) is 17.5 Å². The first-order valence-corrected chi connectivity index (χ1v) is 12.6. The van der Waals surface area contributed by atoms with Crippen molar-refractivity contribution < 1.29 is 13.2 Å². The van der Waals surface area contributed by atoms with E-state index in [1.807, 2.05) is 48.7 Å². The van der Waals surface area contributed by atoms with Crippen LogP contribution >= 0.6 is 11.8 Å². The van der Waals surface area contributed by atoms with Gasteiger partial charge in [0.1, 0.15) is 5.75 Å². The molecule has 0 N–H and O–H groups in total.